The Morgan fingerprint density at radius 2 is 0.842 bits per heavy atom. The van der Waals surface area contributed by atoms with E-state index in [2.05, 4.69) is 0 Å². The van der Waals surface area contributed by atoms with Gasteiger partial charge in [0.1, 0.15) is 30.6 Å². The quantitative estimate of drug-likeness (QED) is 0.0960. The van der Waals surface area contributed by atoms with Crippen molar-refractivity contribution in [1.29, 1.82) is 0 Å². The predicted octanol–water partition coefficient (Wildman–Crippen LogP) is 10.0. The van der Waals surface area contributed by atoms with Gasteiger partial charge in [-0.1, -0.05) is 42.5 Å². The van der Waals surface area contributed by atoms with Gasteiger partial charge < -0.3 is 37.9 Å². The Balaban J connectivity index is 0.00000620. The summed E-state index contributed by atoms with van der Waals surface area (Å²) in [6.45, 7) is 1.60. The first-order valence-electron chi connectivity index (χ1n) is 16.8. The number of alkyl halides is 12. The average Bonchev–Trinajstić information content (AvgIpc) is 3.27. The molecule has 304 valence electrons. The third-order valence-electron chi connectivity index (χ3n) is 10.3. The van der Waals surface area contributed by atoms with Crippen LogP contribution in [0, 0.1) is 0 Å². The molecule has 1 aliphatic heterocycles. The molecule has 0 fully saturated rings. The second-order valence-electron chi connectivity index (χ2n) is 13.8. The van der Waals surface area contributed by atoms with E-state index in [0.717, 1.165) is 5.56 Å². The second kappa shape index (κ2) is 15.4. The number of methoxy groups -OCH3 is 2. The molecule has 0 unspecified atom stereocenters. The zero-order valence-corrected chi connectivity index (χ0v) is 32.5. The molecular weight excluding hydrogens is 893 g/mol. The molecule has 1 atom stereocenters. The standard InChI is InChI=1S/C41H32F12NO2.HI/c1-22(23-8-6-5-7-9-23)54(2)20-32-30(24-14-26(38(42,43)44)18-27(15-24)39(45,46)47)10-12-34(55-3)36(32)37-33(21-54)31(11-13-35(37)56-4)25-16-28(40(48,49)50)19-29(17-25)41(51,52)53;/h5-19,22H,20-21H2,1-4H3;1H/q+1;/p-1/t22-;/m1./s1. The Morgan fingerprint density at radius 1 is 0.509 bits per heavy atom. The molecule has 1 heterocycles. The molecule has 0 saturated carbocycles. The number of rotatable bonds is 6. The summed E-state index contributed by atoms with van der Waals surface area (Å²) < 4.78 is 181. The second-order valence-corrected chi connectivity index (χ2v) is 13.8. The predicted molar refractivity (Wildman–Crippen MR) is 184 cm³/mol. The lowest BCUT2D eigenvalue weighted by atomic mass is 9.85. The fraction of sp³-hybridized carbons (Fsp3) is 0.268. The molecule has 5 aromatic carbocycles. The molecule has 5 aromatic rings. The van der Waals surface area contributed by atoms with Gasteiger partial charge in [-0.3, -0.25) is 0 Å². The van der Waals surface area contributed by atoms with Gasteiger partial charge in [-0.25, -0.2) is 0 Å². The Bertz CT molecular complexity index is 2080. The van der Waals surface area contributed by atoms with E-state index in [4.69, 9.17) is 9.47 Å². The molecule has 1 aliphatic rings. The zero-order valence-electron chi connectivity index (χ0n) is 30.3. The summed E-state index contributed by atoms with van der Waals surface area (Å²) in [6.07, 6.45) is -20.7. The zero-order chi connectivity index (χ0) is 41.2. The molecule has 0 radical (unpaired) electrons. The molecule has 0 amide bonds. The van der Waals surface area contributed by atoms with Gasteiger partial charge in [0.15, 0.2) is 0 Å². The van der Waals surface area contributed by atoms with E-state index < -0.39 is 64.1 Å². The number of halogens is 13. The lowest BCUT2D eigenvalue weighted by molar-refractivity contribution is -0.962. The lowest BCUT2D eigenvalue weighted by Gasteiger charge is -2.40. The highest BCUT2D eigenvalue weighted by molar-refractivity contribution is 5.91. The van der Waals surface area contributed by atoms with Gasteiger partial charge in [0.25, 0.3) is 0 Å². The Morgan fingerprint density at radius 3 is 1.14 bits per heavy atom. The molecule has 0 spiro atoms. The summed E-state index contributed by atoms with van der Waals surface area (Å²) in [4.78, 5) is 0. The van der Waals surface area contributed by atoms with Crippen LogP contribution in [0.5, 0.6) is 11.5 Å². The average molecular weight is 926 g/mol. The van der Waals surface area contributed by atoms with Gasteiger partial charge >= 0.3 is 24.7 Å². The van der Waals surface area contributed by atoms with E-state index in [1.165, 1.54) is 38.5 Å². The van der Waals surface area contributed by atoms with Crippen LogP contribution in [0.3, 0.4) is 0 Å². The van der Waals surface area contributed by atoms with Crippen molar-refractivity contribution >= 4 is 0 Å². The summed E-state index contributed by atoms with van der Waals surface area (Å²) in [5, 5.41) is 0. The molecule has 0 aliphatic carbocycles. The number of fused-ring (bicyclic) bond motifs is 3. The highest BCUT2D eigenvalue weighted by Gasteiger charge is 2.43. The SMILES string of the molecule is COc1ccc(-c2cc(C(F)(F)F)cc(C(F)(F)F)c2)c2c1-c1c(OC)ccc(-c3cc(C(F)(F)F)cc(C(F)(F)F)c3)c1C[N+](C)([C@H](C)c1ccccc1)C2.[I-]. The number of hydrogen-bond donors (Lipinski definition) is 0. The van der Waals surface area contributed by atoms with Crippen LogP contribution in [-0.2, 0) is 37.8 Å². The Hall–Kier alpha value is -4.45. The number of benzene rings is 5. The maximum atomic E-state index is 14.1. The lowest BCUT2D eigenvalue weighted by Crippen LogP contribution is -3.00. The normalized spacial score (nSPS) is 14.8. The van der Waals surface area contributed by atoms with E-state index in [-0.39, 0.29) is 98.6 Å². The van der Waals surface area contributed by atoms with E-state index in [1.54, 1.807) is 37.4 Å². The van der Waals surface area contributed by atoms with Gasteiger partial charge in [-0.15, -0.1) is 0 Å². The first-order valence-corrected chi connectivity index (χ1v) is 16.8. The van der Waals surface area contributed by atoms with Crippen LogP contribution in [0.25, 0.3) is 33.4 Å². The topological polar surface area (TPSA) is 18.5 Å². The van der Waals surface area contributed by atoms with Crippen molar-refractivity contribution in [3.05, 3.63) is 130 Å². The molecule has 3 nitrogen and oxygen atoms in total. The van der Waals surface area contributed by atoms with Gasteiger partial charge in [0.05, 0.1) is 43.5 Å². The van der Waals surface area contributed by atoms with Gasteiger partial charge in [-0.05, 0) is 77.7 Å². The first-order chi connectivity index (χ1) is 26.0. The first kappa shape index (κ1) is 43.7. The van der Waals surface area contributed by atoms with Gasteiger partial charge in [0, 0.05) is 27.8 Å². The summed E-state index contributed by atoms with van der Waals surface area (Å²) in [5.41, 5.74) is -5.75. The van der Waals surface area contributed by atoms with Crippen LogP contribution >= 0.6 is 0 Å². The molecule has 0 saturated heterocycles. The van der Waals surface area contributed by atoms with Crippen molar-refractivity contribution in [2.45, 2.75) is 50.8 Å². The highest BCUT2D eigenvalue weighted by atomic mass is 127. The van der Waals surface area contributed by atoms with Crippen molar-refractivity contribution in [3.63, 3.8) is 0 Å². The fourth-order valence-electron chi connectivity index (χ4n) is 7.37. The van der Waals surface area contributed by atoms with Crippen LogP contribution in [-0.4, -0.2) is 25.8 Å². The molecule has 0 aromatic heterocycles. The Kier molecular flexibility index (Phi) is 11.8. The minimum atomic E-state index is -5.17. The number of hydrogen-bond acceptors (Lipinski definition) is 2. The Labute approximate surface area is 336 Å². The van der Waals surface area contributed by atoms with E-state index in [0.29, 0.717) is 24.3 Å². The van der Waals surface area contributed by atoms with Gasteiger partial charge in [0.2, 0.25) is 0 Å². The largest absolute Gasteiger partial charge is 1.00 e. The summed E-state index contributed by atoms with van der Waals surface area (Å²) in [7, 11) is 4.28. The van der Waals surface area contributed by atoms with Crippen LogP contribution in [0.15, 0.2) is 91.0 Å². The van der Waals surface area contributed by atoms with Crippen LogP contribution in [0.1, 0.15) is 51.9 Å². The third-order valence-corrected chi connectivity index (χ3v) is 10.3. The molecule has 16 heteroatoms. The maximum Gasteiger partial charge on any atom is 0.416 e. The molecule has 57 heavy (non-hydrogen) atoms. The van der Waals surface area contributed by atoms with Crippen molar-refractivity contribution in [2.24, 2.45) is 0 Å². The van der Waals surface area contributed by atoms with Crippen LogP contribution in [0.4, 0.5) is 52.7 Å². The molecule has 0 N–H and O–H groups in total. The summed E-state index contributed by atoms with van der Waals surface area (Å²) >= 11 is 0. The van der Waals surface area contributed by atoms with Crippen LogP contribution < -0.4 is 33.5 Å². The van der Waals surface area contributed by atoms with E-state index in [1.807, 2.05) is 6.92 Å². The highest BCUT2D eigenvalue weighted by Crippen LogP contribution is 2.53. The molecular formula is C41H32F12INO2. The van der Waals surface area contributed by atoms with Crippen LogP contribution in [0.2, 0.25) is 0 Å². The summed E-state index contributed by atoms with van der Waals surface area (Å²) in [5.74, 6) is 0.147. The fourth-order valence-corrected chi connectivity index (χ4v) is 7.37. The number of quaternary nitrogens is 1. The summed E-state index contributed by atoms with van der Waals surface area (Å²) in [6, 6.07) is 16.1. The third kappa shape index (κ3) is 8.57. The van der Waals surface area contributed by atoms with Gasteiger partial charge in [-0.2, -0.15) is 52.7 Å². The number of nitrogens with zero attached hydrogens (tertiary/aromatic N) is 1. The van der Waals surface area contributed by atoms with E-state index in [9.17, 15) is 52.7 Å². The van der Waals surface area contributed by atoms with Crippen molar-refractivity contribution in [2.75, 3.05) is 21.3 Å². The number of ether oxygens (including phenoxy) is 2. The van der Waals surface area contributed by atoms with Crippen molar-refractivity contribution < 1.29 is 90.6 Å². The minimum absolute atomic E-state index is 0. The van der Waals surface area contributed by atoms with Crippen molar-refractivity contribution in [1.82, 2.24) is 0 Å². The van der Waals surface area contributed by atoms with E-state index >= 15 is 0 Å². The maximum absolute atomic E-state index is 14.1. The smallest absolute Gasteiger partial charge is 0.416 e. The molecule has 0 bridgehead atoms. The van der Waals surface area contributed by atoms with Crippen molar-refractivity contribution in [3.8, 4) is 44.9 Å². The minimum Gasteiger partial charge on any atom is -1.00 e. The monoisotopic (exact) mass is 925 g/mol. The molecule has 6 rings (SSSR count).